The second-order valence-corrected chi connectivity index (χ2v) is 6.45. The van der Waals surface area contributed by atoms with Crippen LogP contribution in [0.15, 0.2) is 59.0 Å². The number of para-hydroxylation sites is 1. The summed E-state index contributed by atoms with van der Waals surface area (Å²) in [6.45, 7) is 0.552. The molecule has 0 spiro atoms. The van der Waals surface area contributed by atoms with E-state index < -0.39 is 0 Å². The lowest BCUT2D eigenvalue weighted by molar-refractivity contribution is -0.117. The molecule has 1 aliphatic heterocycles. The molecule has 3 aromatic rings. The number of carbonyl (C=O) groups excluding carboxylic acids is 1. The van der Waals surface area contributed by atoms with Gasteiger partial charge in [0.05, 0.1) is 12.3 Å². The molecule has 0 aliphatic carbocycles. The molecule has 5 nitrogen and oxygen atoms in total. The number of carbonyl (C=O) groups is 1. The van der Waals surface area contributed by atoms with Gasteiger partial charge in [0.2, 0.25) is 17.7 Å². The van der Waals surface area contributed by atoms with Crippen molar-refractivity contribution in [3.63, 3.8) is 0 Å². The highest BCUT2D eigenvalue weighted by Gasteiger charge is 2.34. The van der Waals surface area contributed by atoms with Crippen molar-refractivity contribution in [1.29, 1.82) is 0 Å². The van der Waals surface area contributed by atoms with E-state index in [-0.39, 0.29) is 11.8 Å². The number of amides is 1. The van der Waals surface area contributed by atoms with Crippen LogP contribution < -0.4 is 4.90 Å². The quantitative estimate of drug-likeness (QED) is 0.715. The highest BCUT2D eigenvalue weighted by molar-refractivity contribution is 6.31. The lowest BCUT2D eigenvalue weighted by atomic mass is 10.1. The highest BCUT2D eigenvalue weighted by Crippen LogP contribution is 2.31. The maximum absolute atomic E-state index is 12.3. The molecule has 2 aromatic carbocycles. The average Bonchev–Trinajstić information content (AvgIpc) is 3.24. The van der Waals surface area contributed by atoms with Crippen molar-refractivity contribution < 1.29 is 9.21 Å². The van der Waals surface area contributed by atoms with Gasteiger partial charge in [-0.2, -0.15) is 0 Å². The molecular weight excluding hydrogens is 338 g/mol. The van der Waals surface area contributed by atoms with Crippen molar-refractivity contribution >= 4 is 23.2 Å². The molecule has 1 fully saturated rings. The van der Waals surface area contributed by atoms with Crippen LogP contribution in [-0.2, 0) is 11.2 Å². The van der Waals surface area contributed by atoms with Gasteiger partial charge in [-0.05, 0) is 23.8 Å². The van der Waals surface area contributed by atoms with Crippen molar-refractivity contribution in [2.75, 3.05) is 11.4 Å². The highest BCUT2D eigenvalue weighted by atomic mass is 35.5. The molecule has 0 radical (unpaired) electrons. The molecule has 1 aliphatic rings. The van der Waals surface area contributed by atoms with E-state index in [4.69, 9.17) is 16.0 Å². The molecule has 0 unspecified atom stereocenters. The van der Waals surface area contributed by atoms with Gasteiger partial charge in [0.25, 0.3) is 0 Å². The minimum atomic E-state index is -0.0831. The number of halogens is 1. The lowest BCUT2D eigenvalue weighted by Gasteiger charge is -2.15. The Morgan fingerprint density at radius 3 is 2.64 bits per heavy atom. The summed E-state index contributed by atoms with van der Waals surface area (Å²) in [4.78, 5) is 14.1. The predicted octanol–water partition coefficient (Wildman–Crippen LogP) is 3.83. The average molecular weight is 354 g/mol. The molecule has 1 aromatic heterocycles. The summed E-state index contributed by atoms with van der Waals surface area (Å²) in [7, 11) is 0. The second kappa shape index (κ2) is 6.69. The van der Waals surface area contributed by atoms with Crippen LogP contribution in [0.5, 0.6) is 0 Å². The Balaban J connectivity index is 1.49. The Kier molecular flexibility index (Phi) is 4.24. The fourth-order valence-corrected chi connectivity index (χ4v) is 3.24. The number of nitrogens with zero attached hydrogens (tertiary/aromatic N) is 3. The van der Waals surface area contributed by atoms with Crippen molar-refractivity contribution in [3.8, 4) is 0 Å². The van der Waals surface area contributed by atoms with Crippen molar-refractivity contribution in [1.82, 2.24) is 10.2 Å². The summed E-state index contributed by atoms with van der Waals surface area (Å²) in [5.41, 5.74) is 1.83. The van der Waals surface area contributed by atoms with Crippen molar-refractivity contribution in [2.45, 2.75) is 18.8 Å². The van der Waals surface area contributed by atoms with Crippen LogP contribution in [0, 0.1) is 0 Å². The van der Waals surface area contributed by atoms with Gasteiger partial charge in [-0.15, -0.1) is 10.2 Å². The van der Waals surface area contributed by atoms with Crippen LogP contribution >= 0.6 is 11.6 Å². The molecule has 2 heterocycles. The predicted molar refractivity (Wildman–Crippen MR) is 94.7 cm³/mol. The molecule has 4 rings (SSSR count). The van der Waals surface area contributed by atoms with Crippen LogP contribution in [0.2, 0.25) is 5.02 Å². The standard InChI is InChI=1S/C19H16ClN3O2/c20-16-9-5-4-6-13(16)10-17-21-22-19(25-17)14-11-18(24)23(12-14)15-7-2-1-3-8-15/h1-9,14H,10-12H2/t14-/m1/s1. The molecule has 126 valence electrons. The number of hydrogen-bond acceptors (Lipinski definition) is 4. The number of anilines is 1. The number of hydrogen-bond donors (Lipinski definition) is 0. The Morgan fingerprint density at radius 2 is 1.84 bits per heavy atom. The van der Waals surface area contributed by atoms with E-state index in [1.807, 2.05) is 54.6 Å². The third kappa shape index (κ3) is 3.28. The molecule has 0 N–H and O–H groups in total. The SMILES string of the molecule is O=C1C[C@@H](c2nnc(Cc3ccccc3Cl)o2)CN1c1ccccc1. The van der Waals surface area contributed by atoms with Gasteiger partial charge in [0.15, 0.2) is 0 Å². The van der Waals surface area contributed by atoms with E-state index in [9.17, 15) is 4.79 Å². The lowest BCUT2D eigenvalue weighted by Crippen LogP contribution is -2.24. The smallest absolute Gasteiger partial charge is 0.227 e. The third-order valence-electron chi connectivity index (χ3n) is 4.32. The first-order valence-corrected chi connectivity index (χ1v) is 8.49. The third-order valence-corrected chi connectivity index (χ3v) is 4.69. The molecule has 0 saturated carbocycles. The van der Waals surface area contributed by atoms with Gasteiger partial charge in [0.1, 0.15) is 0 Å². The van der Waals surface area contributed by atoms with E-state index in [0.29, 0.717) is 36.2 Å². The van der Waals surface area contributed by atoms with Crippen molar-refractivity contribution in [2.24, 2.45) is 0 Å². The number of rotatable bonds is 4. The maximum atomic E-state index is 12.3. The van der Waals surface area contributed by atoms with Crippen molar-refractivity contribution in [3.05, 3.63) is 77.0 Å². The fraction of sp³-hybridized carbons (Fsp3) is 0.211. The summed E-state index contributed by atoms with van der Waals surface area (Å²) < 4.78 is 5.80. The first-order valence-electron chi connectivity index (χ1n) is 8.12. The van der Waals surface area contributed by atoms with E-state index in [0.717, 1.165) is 11.3 Å². The Bertz CT molecular complexity index is 894. The van der Waals surface area contributed by atoms with Gasteiger partial charge in [0, 0.05) is 23.7 Å². The zero-order chi connectivity index (χ0) is 17.2. The summed E-state index contributed by atoms with van der Waals surface area (Å²) in [5.74, 6) is 1.00. The zero-order valence-corrected chi connectivity index (χ0v) is 14.2. The monoisotopic (exact) mass is 353 g/mol. The van der Waals surface area contributed by atoms with Gasteiger partial charge < -0.3 is 9.32 Å². The summed E-state index contributed by atoms with van der Waals surface area (Å²) in [6.07, 6.45) is 0.859. The van der Waals surface area contributed by atoms with E-state index >= 15 is 0 Å². The molecular formula is C19H16ClN3O2. The molecule has 6 heteroatoms. The summed E-state index contributed by atoms with van der Waals surface area (Å²) >= 11 is 6.17. The molecule has 1 atom stereocenters. The maximum Gasteiger partial charge on any atom is 0.227 e. The number of aromatic nitrogens is 2. The van der Waals surface area contributed by atoms with Gasteiger partial charge in [-0.3, -0.25) is 4.79 Å². The molecule has 25 heavy (non-hydrogen) atoms. The van der Waals surface area contributed by atoms with Crippen LogP contribution in [0.1, 0.15) is 29.7 Å². The fourth-order valence-electron chi connectivity index (χ4n) is 3.04. The Morgan fingerprint density at radius 1 is 1.08 bits per heavy atom. The second-order valence-electron chi connectivity index (χ2n) is 6.04. The Labute approximate surface area is 150 Å². The van der Waals surface area contributed by atoms with Gasteiger partial charge in [-0.25, -0.2) is 0 Å². The number of benzene rings is 2. The van der Waals surface area contributed by atoms with Gasteiger partial charge in [-0.1, -0.05) is 48.0 Å². The first-order chi connectivity index (χ1) is 12.2. The minimum Gasteiger partial charge on any atom is -0.425 e. The van der Waals surface area contributed by atoms with E-state index in [1.54, 1.807) is 4.90 Å². The Hall–Kier alpha value is -2.66. The summed E-state index contributed by atoms with van der Waals surface area (Å²) in [5, 5.41) is 8.94. The molecule has 1 amide bonds. The van der Waals surface area contributed by atoms with E-state index in [1.165, 1.54) is 0 Å². The molecule has 0 bridgehead atoms. The van der Waals surface area contributed by atoms with Gasteiger partial charge >= 0.3 is 0 Å². The van der Waals surface area contributed by atoms with E-state index in [2.05, 4.69) is 10.2 Å². The minimum absolute atomic E-state index is 0.0713. The zero-order valence-electron chi connectivity index (χ0n) is 13.4. The van der Waals surface area contributed by atoms with Crippen LogP contribution in [-0.4, -0.2) is 22.6 Å². The van der Waals surface area contributed by atoms with Crippen LogP contribution in [0.4, 0.5) is 5.69 Å². The normalized spacial score (nSPS) is 17.2. The first kappa shape index (κ1) is 15.8. The molecule has 1 saturated heterocycles. The van der Waals surface area contributed by atoms with Crippen LogP contribution in [0.3, 0.4) is 0 Å². The van der Waals surface area contributed by atoms with Crippen LogP contribution in [0.25, 0.3) is 0 Å². The topological polar surface area (TPSA) is 59.2 Å². The summed E-state index contributed by atoms with van der Waals surface area (Å²) in [6, 6.07) is 17.2. The largest absolute Gasteiger partial charge is 0.425 e.